The van der Waals surface area contributed by atoms with Crippen molar-refractivity contribution in [3.05, 3.63) is 71.9 Å². The van der Waals surface area contributed by atoms with Crippen molar-refractivity contribution < 1.29 is 32.7 Å². The number of nitrogens with one attached hydrogen (secondary N) is 2. The predicted molar refractivity (Wildman–Crippen MR) is 129 cm³/mol. The Labute approximate surface area is 207 Å². The van der Waals surface area contributed by atoms with Gasteiger partial charge in [-0.25, -0.2) is 4.39 Å². The normalized spacial score (nSPS) is 13.1. The van der Waals surface area contributed by atoms with Gasteiger partial charge in [-0.2, -0.15) is 0 Å². The van der Waals surface area contributed by atoms with Crippen molar-refractivity contribution in [1.82, 2.24) is 5.32 Å². The number of halogens is 1. The van der Waals surface area contributed by atoms with E-state index in [2.05, 4.69) is 10.6 Å². The molecule has 0 saturated carbocycles. The summed E-state index contributed by atoms with van der Waals surface area (Å²) in [6.45, 7) is 7.09. The Hall–Kier alpha value is -4.34. The van der Waals surface area contributed by atoms with Crippen LogP contribution in [0.5, 0.6) is 11.5 Å². The van der Waals surface area contributed by atoms with Crippen LogP contribution in [0, 0.1) is 12.7 Å². The Morgan fingerprint density at radius 3 is 2.31 bits per heavy atom. The third kappa shape index (κ3) is 5.48. The van der Waals surface area contributed by atoms with Gasteiger partial charge in [0.2, 0.25) is 6.79 Å². The lowest BCUT2D eigenvalue weighted by Gasteiger charge is -2.32. The highest BCUT2D eigenvalue weighted by Gasteiger charge is 2.39. The molecule has 0 radical (unpaired) electrons. The lowest BCUT2D eigenvalue weighted by atomic mass is 10.1. The zero-order chi connectivity index (χ0) is 26.0. The number of amides is 3. The summed E-state index contributed by atoms with van der Waals surface area (Å²) >= 11 is 0. The van der Waals surface area contributed by atoms with Crippen LogP contribution < -0.4 is 25.0 Å². The number of carbonyl (C=O) groups is 3. The van der Waals surface area contributed by atoms with E-state index in [1.165, 1.54) is 18.2 Å². The summed E-state index contributed by atoms with van der Waals surface area (Å²) in [6.07, 6.45) is 0. The lowest BCUT2D eigenvalue weighted by molar-refractivity contribution is -0.136. The van der Waals surface area contributed by atoms with Gasteiger partial charge in [-0.15, -0.1) is 0 Å². The van der Waals surface area contributed by atoms with Crippen molar-refractivity contribution in [2.45, 2.75) is 39.3 Å². The molecular formula is C26H26FN3O6. The molecule has 2 aromatic carbocycles. The molecule has 10 heteroatoms. The van der Waals surface area contributed by atoms with Crippen molar-refractivity contribution in [2.75, 3.05) is 17.0 Å². The molecule has 2 heterocycles. The monoisotopic (exact) mass is 495 g/mol. The van der Waals surface area contributed by atoms with Gasteiger partial charge in [0.05, 0.1) is 0 Å². The molecule has 1 aliphatic heterocycles. The van der Waals surface area contributed by atoms with E-state index in [4.69, 9.17) is 13.9 Å². The standard InChI is InChI=1S/C26H26FN3O6/c1-15-5-11-20(36-15)22(23(31)29-26(2,3)4)30(18-10-12-19-21(13-18)35-14-34-19)25(33)24(32)28-17-8-6-16(27)7-9-17/h5-13,22H,14H2,1-4H3,(H,28,32)(H,29,31)/t22-/m1/s1. The van der Waals surface area contributed by atoms with E-state index in [0.717, 1.165) is 17.0 Å². The first kappa shape index (κ1) is 24.8. The third-order valence-electron chi connectivity index (χ3n) is 5.18. The number of nitrogens with zero attached hydrogens (tertiary/aromatic N) is 1. The largest absolute Gasteiger partial charge is 0.464 e. The topological polar surface area (TPSA) is 110 Å². The van der Waals surface area contributed by atoms with Gasteiger partial charge in [-0.05, 0) is 76.2 Å². The fourth-order valence-corrected chi connectivity index (χ4v) is 3.66. The Bertz CT molecular complexity index is 1300. The van der Waals surface area contributed by atoms with Gasteiger partial charge in [0.1, 0.15) is 17.3 Å². The summed E-state index contributed by atoms with van der Waals surface area (Å²) in [5.74, 6) is -1.62. The van der Waals surface area contributed by atoms with Gasteiger partial charge in [0.25, 0.3) is 5.91 Å². The molecule has 0 fully saturated rings. The Morgan fingerprint density at radius 1 is 0.972 bits per heavy atom. The van der Waals surface area contributed by atoms with Gasteiger partial charge in [-0.3, -0.25) is 19.3 Å². The number of anilines is 2. The van der Waals surface area contributed by atoms with E-state index >= 15 is 0 Å². The fraction of sp³-hybridized carbons (Fsp3) is 0.269. The quantitative estimate of drug-likeness (QED) is 0.516. The molecular weight excluding hydrogens is 469 g/mol. The Balaban J connectivity index is 1.78. The van der Waals surface area contributed by atoms with Crippen molar-refractivity contribution in [3.8, 4) is 11.5 Å². The highest BCUT2D eigenvalue weighted by molar-refractivity contribution is 6.45. The minimum absolute atomic E-state index is 0.00308. The van der Waals surface area contributed by atoms with E-state index in [1.807, 2.05) is 0 Å². The molecule has 2 N–H and O–H groups in total. The first-order valence-electron chi connectivity index (χ1n) is 11.2. The second-order valence-electron chi connectivity index (χ2n) is 9.26. The van der Waals surface area contributed by atoms with Gasteiger partial charge < -0.3 is 24.5 Å². The second-order valence-corrected chi connectivity index (χ2v) is 9.26. The smallest absolute Gasteiger partial charge is 0.317 e. The van der Waals surface area contributed by atoms with Crippen LogP contribution in [0.1, 0.15) is 38.3 Å². The summed E-state index contributed by atoms with van der Waals surface area (Å²) < 4.78 is 29.9. The zero-order valence-electron chi connectivity index (χ0n) is 20.3. The van der Waals surface area contributed by atoms with Crippen molar-refractivity contribution in [3.63, 3.8) is 0 Å². The van der Waals surface area contributed by atoms with E-state index < -0.39 is 35.1 Å². The number of benzene rings is 2. The maximum atomic E-state index is 13.7. The minimum atomic E-state index is -1.33. The van der Waals surface area contributed by atoms with E-state index in [0.29, 0.717) is 17.3 Å². The summed E-state index contributed by atoms with van der Waals surface area (Å²) in [5, 5.41) is 5.31. The number of carbonyl (C=O) groups excluding carboxylic acids is 3. The van der Waals surface area contributed by atoms with Gasteiger partial charge in [-0.1, -0.05) is 0 Å². The number of hydrogen-bond donors (Lipinski definition) is 2. The Kier molecular flexibility index (Phi) is 6.69. The average Bonchev–Trinajstić information content (AvgIpc) is 3.45. The number of furan rings is 1. The van der Waals surface area contributed by atoms with Crippen molar-refractivity contribution >= 4 is 29.1 Å². The molecule has 4 rings (SSSR count). The van der Waals surface area contributed by atoms with Gasteiger partial charge in [0, 0.05) is 23.0 Å². The second kappa shape index (κ2) is 9.73. The molecule has 1 aliphatic rings. The average molecular weight is 496 g/mol. The van der Waals surface area contributed by atoms with Crippen molar-refractivity contribution in [2.24, 2.45) is 0 Å². The van der Waals surface area contributed by atoms with E-state index in [9.17, 15) is 18.8 Å². The van der Waals surface area contributed by atoms with Crippen molar-refractivity contribution in [1.29, 1.82) is 0 Å². The van der Waals surface area contributed by atoms with Crippen LogP contribution in [-0.4, -0.2) is 30.1 Å². The molecule has 0 saturated heterocycles. The predicted octanol–water partition coefficient (Wildman–Crippen LogP) is 4.08. The first-order valence-corrected chi connectivity index (χ1v) is 11.2. The Morgan fingerprint density at radius 2 is 1.67 bits per heavy atom. The molecule has 1 atom stereocenters. The minimum Gasteiger partial charge on any atom is -0.464 e. The number of aryl methyl sites for hydroxylation is 1. The molecule has 3 aromatic rings. The molecule has 0 unspecified atom stereocenters. The summed E-state index contributed by atoms with van der Waals surface area (Å²) in [7, 11) is 0. The molecule has 0 spiro atoms. The van der Waals surface area contributed by atoms with Crippen LogP contribution in [0.4, 0.5) is 15.8 Å². The molecule has 1 aromatic heterocycles. The number of hydrogen-bond acceptors (Lipinski definition) is 6. The highest BCUT2D eigenvalue weighted by Crippen LogP contribution is 2.38. The highest BCUT2D eigenvalue weighted by atomic mass is 19.1. The summed E-state index contributed by atoms with van der Waals surface area (Å²) in [5.41, 5.74) is -0.219. The van der Waals surface area contributed by atoms with E-state index in [-0.39, 0.29) is 23.9 Å². The zero-order valence-corrected chi connectivity index (χ0v) is 20.3. The molecule has 36 heavy (non-hydrogen) atoms. The van der Waals surface area contributed by atoms with E-state index in [1.54, 1.807) is 52.0 Å². The van der Waals surface area contributed by atoms with Crippen LogP contribution in [0.2, 0.25) is 0 Å². The molecule has 9 nitrogen and oxygen atoms in total. The molecule has 3 amide bonds. The van der Waals surface area contributed by atoms with Crippen LogP contribution in [0.15, 0.2) is 59.0 Å². The summed E-state index contributed by atoms with van der Waals surface area (Å²) in [6, 6.07) is 11.5. The van der Waals surface area contributed by atoms with Crippen LogP contribution in [0.3, 0.4) is 0 Å². The maximum absolute atomic E-state index is 13.7. The van der Waals surface area contributed by atoms with Crippen LogP contribution in [-0.2, 0) is 14.4 Å². The lowest BCUT2D eigenvalue weighted by Crippen LogP contribution is -2.51. The number of fused-ring (bicyclic) bond motifs is 1. The number of rotatable bonds is 5. The third-order valence-corrected chi connectivity index (χ3v) is 5.18. The molecule has 0 aliphatic carbocycles. The summed E-state index contributed by atoms with van der Waals surface area (Å²) in [4.78, 5) is 41.3. The first-order chi connectivity index (χ1) is 17.0. The fourth-order valence-electron chi connectivity index (χ4n) is 3.66. The van der Waals surface area contributed by atoms with Crippen LogP contribution in [0.25, 0.3) is 0 Å². The number of ether oxygens (including phenoxy) is 2. The molecule has 0 bridgehead atoms. The maximum Gasteiger partial charge on any atom is 0.317 e. The van der Waals surface area contributed by atoms with Gasteiger partial charge in [0.15, 0.2) is 17.5 Å². The van der Waals surface area contributed by atoms with Crippen LogP contribution >= 0.6 is 0 Å². The van der Waals surface area contributed by atoms with Gasteiger partial charge >= 0.3 is 11.8 Å². The molecule has 188 valence electrons. The SMILES string of the molecule is Cc1ccc([C@H](C(=O)NC(C)(C)C)N(C(=O)C(=O)Nc2ccc(F)cc2)c2ccc3c(c2)OCO3)o1.